The SMILES string of the molecule is Cc1nnc2c3ccc(Cl)cc3nc(N3CCN(S(=O)(=O)c4cccc(Cl)c4)CC3)n12. The van der Waals surface area contributed by atoms with E-state index >= 15 is 0 Å². The molecule has 8 nitrogen and oxygen atoms in total. The summed E-state index contributed by atoms with van der Waals surface area (Å²) in [6.45, 7) is 3.48. The first kappa shape index (κ1) is 20.4. The van der Waals surface area contributed by atoms with Gasteiger partial charge in [0.25, 0.3) is 0 Å². The summed E-state index contributed by atoms with van der Waals surface area (Å²) in [4.78, 5) is 7.06. The minimum Gasteiger partial charge on any atom is -0.339 e. The molecule has 0 radical (unpaired) electrons. The van der Waals surface area contributed by atoms with E-state index in [0.29, 0.717) is 53.6 Å². The summed E-state index contributed by atoms with van der Waals surface area (Å²) in [6.07, 6.45) is 0. The Labute approximate surface area is 189 Å². The van der Waals surface area contributed by atoms with Gasteiger partial charge in [-0.05, 0) is 43.3 Å². The average Bonchev–Trinajstić information content (AvgIpc) is 3.15. The summed E-state index contributed by atoms with van der Waals surface area (Å²) in [5.74, 6) is 1.38. The zero-order chi connectivity index (χ0) is 21.8. The third kappa shape index (κ3) is 3.51. The van der Waals surface area contributed by atoms with Crippen LogP contribution in [0.5, 0.6) is 0 Å². The van der Waals surface area contributed by atoms with Crippen LogP contribution in [0, 0.1) is 6.92 Å². The van der Waals surface area contributed by atoms with Gasteiger partial charge >= 0.3 is 0 Å². The Hall–Kier alpha value is -2.46. The van der Waals surface area contributed by atoms with Gasteiger partial charge in [-0.1, -0.05) is 29.3 Å². The molecule has 1 fully saturated rings. The molecule has 5 rings (SSSR count). The summed E-state index contributed by atoms with van der Waals surface area (Å²) in [7, 11) is -3.62. The molecule has 0 spiro atoms. The number of aromatic nitrogens is 4. The minimum absolute atomic E-state index is 0.198. The summed E-state index contributed by atoms with van der Waals surface area (Å²) in [5.41, 5.74) is 1.42. The molecule has 0 unspecified atom stereocenters. The van der Waals surface area contributed by atoms with E-state index in [1.165, 1.54) is 10.4 Å². The van der Waals surface area contributed by atoms with Crippen molar-refractivity contribution in [2.45, 2.75) is 11.8 Å². The molecule has 0 saturated carbocycles. The van der Waals surface area contributed by atoms with Crippen molar-refractivity contribution in [3.8, 4) is 0 Å². The molecule has 160 valence electrons. The second-order valence-electron chi connectivity index (χ2n) is 7.33. The fraction of sp³-hybridized carbons (Fsp3) is 0.250. The highest BCUT2D eigenvalue weighted by Gasteiger charge is 2.30. The molecule has 31 heavy (non-hydrogen) atoms. The van der Waals surface area contributed by atoms with E-state index in [2.05, 4.69) is 10.2 Å². The van der Waals surface area contributed by atoms with E-state index < -0.39 is 10.0 Å². The zero-order valence-electron chi connectivity index (χ0n) is 16.5. The van der Waals surface area contributed by atoms with Crippen LogP contribution in [-0.2, 0) is 10.0 Å². The molecule has 0 atom stereocenters. The molecule has 0 N–H and O–H groups in total. The molecular weight excluding hydrogens is 459 g/mol. The maximum absolute atomic E-state index is 13.0. The second kappa shape index (κ2) is 7.59. The fourth-order valence-electron chi connectivity index (χ4n) is 3.84. The number of halogens is 2. The summed E-state index contributed by atoms with van der Waals surface area (Å²) in [5, 5.41) is 10.4. The van der Waals surface area contributed by atoms with Gasteiger partial charge in [-0.3, -0.25) is 0 Å². The third-order valence-electron chi connectivity index (χ3n) is 5.40. The van der Waals surface area contributed by atoms with Crippen LogP contribution in [0.2, 0.25) is 10.0 Å². The van der Waals surface area contributed by atoms with Crippen LogP contribution in [0.4, 0.5) is 5.95 Å². The number of aryl methyl sites for hydroxylation is 1. The van der Waals surface area contributed by atoms with E-state index in [1.54, 1.807) is 30.3 Å². The van der Waals surface area contributed by atoms with E-state index in [0.717, 1.165) is 10.9 Å². The molecule has 0 aliphatic carbocycles. The van der Waals surface area contributed by atoms with Crippen molar-refractivity contribution in [1.82, 2.24) is 23.9 Å². The van der Waals surface area contributed by atoms with Crippen molar-refractivity contribution in [1.29, 1.82) is 0 Å². The lowest BCUT2D eigenvalue weighted by atomic mass is 10.2. The van der Waals surface area contributed by atoms with Crippen molar-refractivity contribution >= 4 is 55.7 Å². The number of benzene rings is 2. The van der Waals surface area contributed by atoms with Gasteiger partial charge in [-0.25, -0.2) is 17.8 Å². The number of anilines is 1. The number of sulfonamides is 1. The monoisotopic (exact) mass is 476 g/mol. The Morgan fingerprint density at radius 3 is 2.42 bits per heavy atom. The van der Waals surface area contributed by atoms with Crippen LogP contribution in [0.3, 0.4) is 0 Å². The molecular formula is C20H18Cl2N6O2S. The lowest BCUT2D eigenvalue weighted by molar-refractivity contribution is 0.382. The van der Waals surface area contributed by atoms with E-state index in [9.17, 15) is 8.42 Å². The number of rotatable bonds is 3. The van der Waals surface area contributed by atoms with Crippen LogP contribution >= 0.6 is 23.2 Å². The molecule has 4 aromatic rings. The van der Waals surface area contributed by atoms with Gasteiger partial charge in [0.05, 0.1) is 10.4 Å². The molecule has 1 aliphatic rings. The summed E-state index contributed by atoms with van der Waals surface area (Å²) in [6, 6.07) is 11.8. The predicted molar refractivity (Wildman–Crippen MR) is 120 cm³/mol. The highest BCUT2D eigenvalue weighted by Crippen LogP contribution is 2.28. The molecule has 1 aliphatic heterocycles. The highest BCUT2D eigenvalue weighted by atomic mass is 35.5. The van der Waals surface area contributed by atoms with Crippen molar-refractivity contribution in [3.05, 3.63) is 58.3 Å². The quantitative estimate of drug-likeness (QED) is 0.450. The zero-order valence-corrected chi connectivity index (χ0v) is 18.9. The molecule has 0 bridgehead atoms. The maximum atomic E-state index is 13.0. The highest BCUT2D eigenvalue weighted by molar-refractivity contribution is 7.89. The van der Waals surface area contributed by atoms with Gasteiger partial charge in [-0.15, -0.1) is 10.2 Å². The average molecular weight is 477 g/mol. The van der Waals surface area contributed by atoms with Crippen LogP contribution in [0.25, 0.3) is 16.6 Å². The van der Waals surface area contributed by atoms with Gasteiger partial charge in [0.1, 0.15) is 5.82 Å². The Kier molecular flexibility index (Phi) is 5.01. The number of hydrogen-bond donors (Lipinski definition) is 0. The standard InChI is InChI=1S/C20H18Cl2N6O2S/c1-13-24-25-19-17-6-5-15(22)12-18(17)23-20(28(13)19)26-7-9-27(10-8-26)31(29,30)16-4-2-3-14(21)11-16/h2-6,11-12H,7-10H2,1H3. The van der Waals surface area contributed by atoms with Crippen LogP contribution in [0.1, 0.15) is 5.82 Å². The van der Waals surface area contributed by atoms with Gasteiger partial charge < -0.3 is 4.90 Å². The van der Waals surface area contributed by atoms with E-state index in [-0.39, 0.29) is 4.90 Å². The van der Waals surface area contributed by atoms with Gasteiger partial charge in [0.15, 0.2) is 5.65 Å². The van der Waals surface area contributed by atoms with Crippen LogP contribution in [-0.4, -0.2) is 58.5 Å². The number of fused-ring (bicyclic) bond motifs is 3. The van der Waals surface area contributed by atoms with E-state index in [4.69, 9.17) is 28.2 Å². The molecule has 3 heterocycles. The second-order valence-corrected chi connectivity index (χ2v) is 10.1. The Balaban J connectivity index is 1.48. The molecule has 1 saturated heterocycles. The smallest absolute Gasteiger partial charge is 0.243 e. The fourth-order valence-corrected chi connectivity index (χ4v) is 5.73. The van der Waals surface area contributed by atoms with E-state index in [1.807, 2.05) is 22.3 Å². The van der Waals surface area contributed by atoms with Crippen LogP contribution < -0.4 is 4.90 Å². The number of piperazine rings is 1. The first-order valence-electron chi connectivity index (χ1n) is 9.66. The van der Waals surface area contributed by atoms with Gasteiger partial charge in [0, 0.05) is 41.6 Å². The Morgan fingerprint density at radius 1 is 0.935 bits per heavy atom. The molecule has 2 aromatic heterocycles. The summed E-state index contributed by atoms with van der Waals surface area (Å²) < 4.78 is 29.4. The van der Waals surface area contributed by atoms with Gasteiger partial charge in [0.2, 0.25) is 16.0 Å². The molecule has 11 heteroatoms. The maximum Gasteiger partial charge on any atom is 0.243 e. The van der Waals surface area contributed by atoms with Gasteiger partial charge in [-0.2, -0.15) is 4.31 Å². The third-order valence-corrected chi connectivity index (χ3v) is 7.77. The lowest BCUT2D eigenvalue weighted by Gasteiger charge is -2.34. The number of nitrogens with zero attached hydrogens (tertiary/aromatic N) is 6. The van der Waals surface area contributed by atoms with Crippen molar-refractivity contribution in [2.75, 3.05) is 31.1 Å². The van der Waals surface area contributed by atoms with Crippen molar-refractivity contribution < 1.29 is 8.42 Å². The molecule has 0 amide bonds. The van der Waals surface area contributed by atoms with Crippen molar-refractivity contribution in [3.63, 3.8) is 0 Å². The predicted octanol–water partition coefficient (Wildman–Crippen LogP) is 3.40. The molecule has 2 aromatic carbocycles. The largest absolute Gasteiger partial charge is 0.339 e. The van der Waals surface area contributed by atoms with Crippen LogP contribution in [0.15, 0.2) is 47.4 Å². The first-order chi connectivity index (χ1) is 14.8. The Morgan fingerprint density at radius 2 is 1.68 bits per heavy atom. The minimum atomic E-state index is -3.62. The topological polar surface area (TPSA) is 83.7 Å². The Bertz CT molecular complexity index is 1410. The number of hydrogen-bond acceptors (Lipinski definition) is 6. The summed E-state index contributed by atoms with van der Waals surface area (Å²) >= 11 is 12.2. The first-order valence-corrected chi connectivity index (χ1v) is 11.9. The normalized spacial score (nSPS) is 15.8. The lowest BCUT2D eigenvalue weighted by Crippen LogP contribution is -2.49. The van der Waals surface area contributed by atoms with Crippen molar-refractivity contribution in [2.24, 2.45) is 0 Å².